The molecule has 1 heterocycles. The van der Waals surface area contributed by atoms with Crippen molar-refractivity contribution in [3.05, 3.63) is 22.3 Å². The molecule has 1 amide bonds. The van der Waals surface area contributed by atoms with Gasteiger partial charge in [-0.3, -0.25) is 4.79 Å². The summed E-state index contributed by atoms with van der Waals surface area (Å²) in [6, 6.07) is 2.99. The highest BCUT2D eigenvalue weighted by atomic mass is 79.9. The molecule has 0 bridgehead atoms. The Morgan fingerprint density at radius 2 is 2.14 bits per heavy atom. The van der Waals surface area contributed by atoms with E-state index in [2.05, 4.69) is 25.7 Å². The number of hydrogen-bond acceptors (Lipinski definition) is 4. The lowest BCUT2D eigenvalue weighted by Crippen LogP contribution is -2.17. The first kappa shape index (κ1) is 10.6. The van der Waals surface area contributed by atoms with Crippen molar-refractivity contribution >= 4 is 27.8 Å². The molecule has 0 aliphatic carbocycles. The molecule has 2 N–H and O–H groups in total. The van der Waals surface area contributed by atoms with Crippen molar-refractivity contribution in [2.45, 2.75) is 6.92 Å². The molecule has 0 saturated heterocycles. The number of pyridine rings is 1. The number of nitrogens with two attached hydrogens (primary N) is 1. The largest absolute Gasteiger partial charge is 0.411 e. The monoisotopic (exact) mass is 258 g/mol. The third-order valence-electron chi connectivity index (χ3n) is 1.36. The maximum absolute atomic E-state index is 11.0. The van der Waals surface area contributed by atoms with Crippen molar-refractivity contribution in [1.82, 2.24) is 4.98 Å². The summed E-state index contributed by atoms with van der Waals surface area (Å²) in [6.07, 6.45) is -0.964. The van der Waals surface area contributed by atoms with Gasteiger partial charge in [-0.15, -0.1) is 0 Å². The molecule has 14 heavy (non-hydrogen) atoms. The van der Waals surface area contributed by atoms with Crippen LogP contribution in [0.15, 0.2) is 16.6 Å². The van der Waals surface area contributed by atoms with Crippen LogP contribution in [-0.2, 0) is 0 Å². The van der Waals surface area contributed by atoms with Gasteiger partial charge in [-0.05, 0) is 22.0 Å². The van der Waals surface area contributed by atoms with Crippen LogP contribution in [0.2, 0.25) is 0 Å². The second-order valence-corrected chi connectivity index (χ2v) is 3.31. The fraction of sp³-hybridized carbons (Fsp3) is 0.125. The lowest BCUT2D eigenvalue weighted by Gasteiger charge is -2.02. The highest BCUT2D eigenvalue weighted by molar-refractivity contribution is 9.10. The van der Waals surface area contributed by atoms with Gasteiger partial charge in [0, 0.05) is 17.5 Å². The van der Waals surface area contributed by atoms with E-state index < -0.39 is 6.09 Å². The minimum atomic E-state index is -0.964. The number of Topliss-reactive ketones (excluding diaryl/α,β-unsaturated/α-hetero) is 1. The Labute approximate surface area is 88.4 Å². The number of ketones is 1. The van der Waals surface area contributed by atoms with Crippen LogP contribution >= 0.6 is 15.9 Å². The van der Waals surface area contributed by atoms with Gasteiger partial charge >= 0.3 is 6.09 Å². The Kier molecular flexibility index (Phi) is 3.19. The standard InChI is InChI=1S/C8H7BrN2O3/c1-4(12)7-5(9)2-3-6(11-7)14-8(10)13/h2-3H,1H3,(H2,10,13). The minimum absolute atomic E-state index is 0.00546. The quantitative estimate of drug-likeness (QED) is 0.816. The number of hydrogen-bond donors (Lipinski definition) is 1. The van der Waals surface area contributed by atoms with Crippen LogP contribution in [0.25, 0.3) is 0 Å². The third kappa shape index (κ3) is 2.53. The zero-order valence-corrected chi connectivity index (χ0v) is 8.87. The molecule has 1 rings (SSSR count). The zero-order valence-electron chi connectivity index (χ0n) is 7.28. The molecule has 74 valence electrons. The number of carbonyl (C=O) groups is 2. The van der Waals surface area contributed by atoms with Gasteiger partial charge in [-0.2, -0.15) is 0 Å². The van der Waals surface area contributed by atoms with E-state index in [9.17, 15) is 9.59 Å². The van der Waals surface area contributed by atoms with E-state index in [0.717, 1.165) is 0 Å². The third-order valence-corrected chi connectivity index (χ3v) is 2.00. The van der Waals surface area contributed by atoms with E-state index in [1.807, 2.05) is 0 Å². The fourth-order valence-corrected chi connectivity index (χ4v) is 1.33. The van der Waals surface area contributed by atoms with E-state index >= 15 is 0 Å². The first-order valence-electron chi connectivity index (χ1n) is 3.65. The number of nitrogens with zero attached hydrogens (tertiary/aromatic N) is 1. The minimum Gasteiger partial charge on any atom is -0.391 e. The Morgan fingerprint density at radius 1 is 1.50 bits per heavy atom. The van der Waals surface area contributed by atoms with Crippen LogP contribution < -0.4 is 10.5 Å². The lowest BCUT2D eigenvalue weighted by molar-refractivity contribution is 0.101. The van der Waals surface area contributed by atoms with Crippen molar-refractivity contribution in [1.29, 1.82) is 0 Å². The molecule has 0 fully saturated rings. The molecule has 0 saturated carbocycles. The summed E-state index contributed by atoms with van der Waals surface area (Å²) in [5.74, 6) is -0.224. The molecule has 0 radical (unpaired) electrons. The molecule has 1 aromatic heterocycles. The lowest BCUT2D eigenvalue weighted by atomic mass is 10.3. The second kappa shape index (κ2) is 4.19. The maximum Gasteiger partial charge on any atom is 0.411 e. The van der Waals surface area contributed by atoms with Gasteiger partial charge in [0.15, 0.2) is 5.78 Å². The molecule has 6 heteroatoms. The number of aromatic nitrogens is 1. The molecule has 0 atom stereocenters. The van der Waals surface area contributed by atoms with Crippen molar-refractivity contribution in [2.75, 3.05) is 0 Å². The van der Waals surface area contributed by atoms with E-state index in [-0.39, 0.29) is 17.4 Å². The molecular formula is C8H7BrN2O3. The Morgan fingerprint density at radius 3 is 2.64 bits per heavy atom. The van der Waals surface area contributed by atoms with Gasteiger partial charge in [0.2, 0.25) is 5.88 Å². The first-order chi connectivity index (χ1) is 6.50. The number of halogens is 1. The van der Waals surface area contributed by atoms with Crippen LogP contribution in [0.4, 0.5) is 4.79 Å². The van der Waals surface area contributed by atoms with E-state index in [4.69, 9.17) is 5.73 Å². The number of rotatable bonds is 2. The van der Waals surface area contributed by atoms with E-state index in [1.165, 1.54) is 13.0 Å². The predicted octanol–water partition coefficient (Wildman–Crippen LogP) is 1.50. The summed E-state index contributed by atoms with van der Waals surface area (Å²) >= 11 is 3.14. The summed E-state index contributed by atoms with van der Waals surface area (Å²) in [6.45, 7) is 1.36. The van der Waals surface area contributed by atoms with Crippen LogP contribution in [0.1, 0.15) is 17.4 Å². The van der Waals surface area contributed by atoms with Gasteiger partial charge < -0.3 is 10.5 Å². The number of carbonyl (C=O) groups excluding carboxylic acids is 2. The van der Waals surface area contributed by atoms with Gasteiger partial charge in [-0.25, -0.2) is 9.78 Å². The molecule has 0 aliphatic rings. The molecule has 0 aromatic carbocycles. The predicted molar refractivity (Wildman–Crippen MR) is 52.2 cm³/mol. The molecule has 0 unspecified atom stereocenters. The topological polar surface area (TPSA) is 82.3 Å². The average Bonchev–Trinajstić information content (AvgIpc) is 2.07. The number of amides is 1. The summed E-state index contributed by atoms with van der Waals surface area (Å²) in [5.41, 5.74) is 4.99. The van der Waals surface area contributed by atoms with Crippen molar-refractivity contribution in [3.63, 3.8) is 0 Å². The van der Waals surface area contributed by atoms with E-state index in [1.54, 1.807) is 6.07 Å². The summed E-state index contributed by atoms with van der Waals surface area (Å²) in [7, 11) is 0. The summed E-state index contributed by atoms with van der Waals surface area (Å²) in [4.78, 5) is 25.2. The van der Waals surface area contributed by atoms with Crippen molar-refractivity contribution < 1.29 is 14.3 Å². The van der Waals surface area contributed by atoms with Crippen LogP contribution in [0.5, 0.6) is 5.88 Å². The van der Waals surface area contributed by atoms with Crippen LogP contribution in [0.3, 0.4) is 0 Å². The zero-order chi connectivity index (χ0) is 10.7. The van der Waals surface area contributed by atoms with Gasteiger partial charge in [0.1, 0.15) is 5.69 Å². The maximum atomic E-state index is 11.0. The Bertz CT molecular complexity index is 392. The average molecular weight is 259 g/mol. The fourth-order valence-electron chi connectivity index (χ4n) is 0.831. The Balaban J connectivity index is 3.06. The number of primary amides is 1. The second-order valence-electron chi connectivity index (χ2n) is 2.46. The molecular weight excluding hydrogens is 252 g/mol. The molecule has 0 aliphatic heterocycles. The van der Waals surface area contributed by atoms with E-state index in [0.29, 0.717) is 4.47 Å². The SMILES string of the molecule is CC(=O)c1nc(OC(N)=O)ccc1Br. The van der Waals surface area contributed by atoms with Gasteiger partial charge in [-0.1, -0.05) is 0 Å². The first-order valence-corrected chi connectivity index (χ1v) is 4.45. The smallest absolute Gasteiger partial charge is 0.391 e. The van der Waals surface area contributed by atoms with Crippen molar-refractivity contribution in [2.24, 2.45) is 5.73 Å². The molecule has 1 aromatic rings. The van der Waals surface area contributed by atoms with Gasteiger partial charge in [0.25, 0.3) is 0 Å². The van der Waals surface area contributed by atoms with Crippen molar-refractivity contribution in [3.8, 4) is 5.88 Å². The Hall–Kier alpha value is -1.43. The normalized spacial score (nSPS) is 9.57. The summed E-state index contributed by atoms with van der Waals surface area (Å²) < 4.78 is 5.06. The van der Waals surface area contributed by atoms with Crippen LogP contribution in [0, 0.1) is 0 Å². The molecule has 5 nitrogen and oxygen atoms in total. The number of ether oxygens (including phenoxy) is 1. The van der Waals surface area contributed by atoms with Crippen LogP contribution in [-0.4, -0.2) is 16.9 Å². The van der Waals surface area contributed by atoms with Gasteiger partial charge in [0.05, 0.1) is 0 Å². The molecule has 0 spiro atoms. The highest BCUT2D eigenvalue weighted by Crippen LogP contribution is 2.18. The highest BCUT2D eigenvalue weighted by Gasteiger charge is 2.09. The summed E-state index contributed by atoms with van der Waals surface area (Å²) in [5, 5.41) is 0.